The molecule has 76 valence electrons. The molecule has 0 amide bonds. The predicted octanol–water partition coefficient (Wildman–Crippen LogP) is 2.58. The summed E-state index contributed by atoms with van der Waals surface area (Å²) in [4.78, 5) is 0. The molecule has 14 heavy (non-hydrogen) atoms. The van der Waals surface area contributed by atoms with Gasteiger partial charge in [0.1, 0.15) is 5.75 Å². The normalized spacial score (nSPS) is 20.1. The molecule has 2 nitrogen and oxygen atoms in total. The Labute approximate surface area is 85.0 Å². The third-order valence-corrected chi connectivity index (χ3v) is 2.75. The zero-order valence-corrected chi connectivity index (χ0v) is 8.75. The van der Waals surface area contributed by atoms with E-state index in [0.717, 1.165) is 13.0 Å². The summed E-state index contributed by atoms with van der Waals surface area (Å²) in [7, 11) is 0. The van der Waals surface area contributed by atoms with Gasteiger partial charge in [0, 0.05) is 12.6 Å². The molecule has 1 aromatic carbocycles. The Morgan fingerprint density at radius 2 is 2.29 bits per heavy atom. The van der Waals surface area contributed by atoms with Gasteiger partial charge in [-0.05, 0) is 35.6 Å². The van der Waals surface area contributed by atoms with Crippen LogP contribution < -0.4 is 5.32 Å². The fourth-order valence-electron chi connectivity index (χ4n) is 2.09. The van der Waals surface area contributed by atoms with Crippen molar-refractivity contribution in [2.24, 2.45) is 5.92 Å². The third-order valence-electron chi connectivity index (χ3n) is 2.75. The zero-order chi connectivity index (χ0) is 10.1. The quantitative estimate of drug-likeness (QED) is 0.753. The Kier molecular flexibility index (Phi) is 2.46. The van der Waals surface area contributed by atoms with Crippen molar-refractivity contribution in [3.8, 4) is 5.75 Å². The SMILES string of the molecule is CC(C)CC1NCc2ccc(O)cc21. The Balaban J connectivity index is 2.24. The Bertz CT molecular complexity index is 333. The van der Waals surface area contributed by atoms with Crippen LogP contribution in [-0.2, 0) is 6.54 Å². The molecule has 0 saturated heterocycles. The van der Waals surface area contributed by atoms with Gasteiger partial charge in [0.05, 0.1) is 0 Å². The summed E-state index contributed by atoms with van der Waals surface area (Å²) in [5, 5.41) is 12.9. The van der Waals surface area contributed by atoms with Crippen LogP contribution in [-0.4, -0.2) is 5.11 Å². The van der Waals surface area contributed by atoms with Crippen LogP contribution in [0.5, 0.6) is 5.75 Å². The average Bonchev–Trinajstić information content (AvgIpc) is 2.47. The van der Waals surface area contributed by atoms with Gasteiger partial charge in [-0.15, -0.1) is 0 Å². The lowest BCUT2D eigenvalue weighted by Gasteiger charge is -2.14. The minimum Gasteiger partial charge on any atom is -0.508 e. The summed E-state index contributed by atoms with van der Waals surface area (Å²) < 4.78 is 0. The first-order valence-electron chi connectivity index (χ1n) is 5.22. The van der Waals surface area contributed by atoms with Gasteiger partial charge in [-0.2, -0.15) is 0 Å². The maximum atomic E-state index is 9.42. The highest BCUT2D eigenvalue weighted by molar-refractivity contribution is 5.39. The van der Waals surface area contributed by atoms with Crippen molar-refractivity contribution in [1.82, 2.24) is 5.32 Å². The van der Waals surface area contributed by atoms with E-state index in [1.807, 2.05) is 12.1 Å². The predicted molar refractivity (Wildman–Crippen MR) is 57.1 cm³/mol. The molecule has 1 unspecified atom stereocenters. The summed E-state index contributed by atoms with van der Waals surface area (Å²) in [6, 6.07) is 6.09. The number of rotatable bonds is 2. The lowest BCUT2D eigenvalue weighted by Crippen LogP contribution is -2.13. The molecular formula is C12H17NO. The molecule has 2 rings (SSSR count). The van der Waals surface area contributed by atoms with Crippen molar-refractivity contribution in [2.45, 2.75) is 32.9 Å². The second-order valence-electron chi connectivity index (χ2n) is 4.45. The molecule has 0 fully saturated rings. The molecule has 0 bridgehead atoms. The molecule has 0 aliphatic carbocycles. The highest BCUT2D eigenvalue weighted by Crippen LogP contribution is 2.32. The Hall–Kier alpha value is -1.02. The zero-order valence-electron chi connectivity index (χ0n) is 8.75. The summed E-state index contributed by atoms with van der Waals surface area (Å²) in [5.41, 5.74) is 2.60. The van der Waals surface area contributed by atoms with Crippen LogP contribution in [0, 0.1) is 5.92 Å². The van der Waals surface area contributed by atoms with Gasteiger partial charge in [0.2, 0.25) is 0 Å². The van der Waals surface area contributed by atoms with Crippen molar-refractivity contribution in [3.63, 3.8) is 0 Å². The van der Waals surface area contributed by atoms with Crippen LogP contribution in [0.25, 0.3) is 0 Å². The number of hydrogen-bond acceptors (Lipinski definition) is 2. The van der Waals surface area contributed by atoms with Gasteiger partial charge in [0.25, 0.3) is 0 Å². The lowest BCUT2D eigenvalue weighted by atomic mass is 9.97. The number of aromatic hydroxyl groups is 1. The molecule has 0 aromatic heterocycles. The lowest BCUT2D eigenvalue weighted by molar-refractivity contribution is 0.450. The number of phenolic OH excluding ortho intramolecular Hbond substituents is 1. The van der Waals surface area contributed by atoms with Gasteiger partial charge in [-0.1, -0.05) is 19.9 Å². The molecule has 1 aliphatic rings. The van der Waals surface area contributed by atoms with Crippen molar-refractivity contribution in [2.75, 3.05) is 0 Å². The maximum absolute atomic E-state index is 9.42. The molecule has 0 saturated carbocycles. The maximum Gasteiger partial charge on any atom is 0.115 e. The minimum atomic E-state index is 0.376. The summed E-state index contributed by atoms with van der Waals surface area (Å²) in [6.07, 6.45) is 1.14. The van der Waals surface area contributed by atoms with E-state index in [-0.39, 0.29) is 0 Å². The van der Waals surface area contributed by atoms with Gasteiger partial charge in [0.15, 0.2) is 0 Å². The molecule has 2 heteroatoms. The minimum absolute atomic E-state index is 0.376. The van der Waals surface area contributed by atoms with Crippen molar-refractivity contribution >= 4 is 0 Å². The first-order chi connectivity index (χ1) is 6.66. The Morgan fingerprint density at radius 1 is 1.50 bits per heavy atom. The average molecular weight is 191 g/mol. The van der Waals surface area contributed by atoms with E-state index >= 15 is 0 Å². The Morgan fingerprint density at radius 3 is 3.00 bits per heavy atom. The van der Waals surface area contributed by atoms with Gasteiger partial charge in [-0.25, -0.2) is 0 Å². The third kappa shape index (κ3) is 1.75. The van der Waals surface area contributed by atoms with E-state index in [1.165, 1.54) is 11.1 Å². The van der Waals surface area contributed by atoms with Crippen LogP contribution >= 0.6 is 0 Å². The summed E-state index contributed by atoms with van der Waals surface area (Å²) in [5.74, 6) is 1.06. The second-order valence-corrected chi connectivity index (χ2v) is 4.45. The first-order valence-corrected chi connectivity index (χ1v) is 5.22. The molecule has 0 spiro atoms. The van der Waals surface area contributed by atoms with E-state index in [1.54, 1.807) is 6.07 Å². The molecule has 2 N–H and O–H groups in total. The highest BCUT2D eigenvalue weighted by Gasteiger charge is 2.22. The van der Waals surface area contributed by atoms with Crippen LogP contribution in [0.4, 0.5) is 0 Å². The van der Waals surface area contributed by atoms with Gasteiger partial charge >= 0.3 is 0 Å². The number of benzene rings is 1. The topological polar surface area (TPSA) is 32.3 Å². The van der Waals surface area contributed by atoms with E-state index in [4.69, 9.17) is 0 Å². The van der Waals surface area contributed by atoms with Crippen molar-refractivity contribution in [3.05, 3.63) is 29.3 Å². The van der Waals surface area contributed by atoms with Gasteiger partial charge < -0.3 is 10.4 Å². The standard InChI is InChI=1S/C12H17NO/c1-8(2)5-12-11-6-10(14)4-3-9(11)7-13-12/h3-4,6,8,12-14H,5,7H2,1-2H3. The fourth-order valence-corrected chi connectivity index (χ4v) is 2.09. The highest BCUT2D eigenvalue weighted by atomic mass is 16.3. The van der Waals surface area contributed by atoms with Crippen molar-refractivity contribution < 1.29 is 5.11 Å². The molecule has 1 atom stereocenters. The van der Waals surface area contributed by atoms with Crippen LogP contribution in [0.3, 0.4) is 0 Å². The molecule has 1 heterocycles. The molecule has 1 aromatic rings. The van der Waals surface area contributed by atoms with E-state index in [2.05, 4.69) is 19.2 Å². The van der Waals surface area contributed by atoms with Crippen LogP contribution in [0.15, 0.2) is 18.2 Å². The summed E-state index contributed by atoms with van der Waals surface area (Å²) >= 11 is 0. The number of phenols is 1. The number of nitrogens with one attached hydrogen (secondary N) is 1. The van der Waals surface area contributed by atoms with Gasteiger partial charge in [-0.3, -0.25) is 0 Å². The first kappa shape index (κ1) is 9.53. The summed E-state index contributed by atoms with van der Waals surface area (Å²) in [6.45, 7) is 5.39. The van der Waals surface area contributed by atoms with Crippen molar-refractivity contribution in [1.29, 1.82) is 0 Å². The molecule has 0 radical (unpaired) electrons. The van der Waals surface area contributed by atoms with E-state index in [0.29, 0.717) is 17.7 Å². The van der Waals surface area contributed by atoms with Crippen LogP contribution in [0.1, 0.15) is 37.4 Å². The second kappa shape index (κ2) is 3.62. The number of fused-ring (bicyclic) bond motifs is 1. The molecule has 1 aliphatic heterocycles. The smallest absolute Gasteiger partial charge is 0.115 e. The fraction of sp³-hybridized carbons (Fsp3) is 0.500. The monoisotopic (exact) mass is 191 g/mol. The van der Waals surface area contributed by atoms with E-state index < -0.39 is 0 Å². The molecular weight excluding hydrogens is 174 g/mol. The van der Waals surface area contributed by atoms with E-state index in [9.17, 15) is 5.11 Å². The largest absolute Gasteiger partial charge is 0.508 e. The van der Waals surface area contributed by atoms with Crippen LogP contribution in [0.2, 0.25) is 0 Å². The number of hydrogen-bond donors (Lipinski definition) is 2.